The van der Waals surface area contributed by atoms with Gasteiger partial charge in [-0.3, -0.25) is 4.57 Å². The second-order valence-electron chi connectivity index (χ2n) is 13.3. The van der Waals surface area contributed by atoms with Crippen LogP contribution < -0.4 is 0 Å². The Labute approximate surface area is 298 Å². The van der Waals surface area contributed by atoms with E-state index in [4.69, 9.17) is 15.0 Å². The Hall–Kier alpha value is -7.11. The van der Waals surface area contributed by atoms with Gasteiger partial charge in [-0.2, -0.15) is 9.97 Å². The van der Waals surface area contributed by atoms with E-state index >= 15 is 0 Å². The molecular weight excluding hydrogens is 635 g/mol. The smallest absolute Gasteiger partial charge is 0.238 e. The van der Waals surface area contributed by atoms with Crippen molar-refractivity contribution < 1.29 is 0 Å². The largest absolute Gasteiger partial charge is 0.309 e. The van der Waals surface area contributed by atoms with E-state index in [1.54, 1.807) is 0 Å². The monoisotopic (exact) mass is 663 g/mol. The molecule has 0 unspecified atom stereocenters. The molecule has 0 aliphatic rings. The van der Waals surface area contributed by atoms with Gasteiger partial charge in [0, 0.05) is 38.1 Å². The van der Waals surface area contributed by atoms with Crippen LogP contribution in [-0.4, -0.2) is 24.1 Å². The third kappa shape index (κ3) is 4.26. The molecule has 0 N–H and O–H groups in total. The first-order valence-electron chi connectivity index (χ1n) is 17.5. The number of aromatic nitrogens is 5. The maximum Gasteiger partial charge on any atom is 0.238 e. The molecule has 0 radical (unpaired) electrons. The Kier molecular flexibility index (Phi) is 6.18. The second kappa shape index (κ2) is 11.2. The van der Waals surface area contributed by atoms with Gasteiger partial charge in [-0.1, -0.05) is 140 Å². The average molecular weight is 664 g/mol. The fourth-order valence-electron chi connectivity index (χ4n) is 8.04. The van der Waals surface area contributed by atoms with Crippen LogP contribution in [0.3, 0.4) is 0 Å². The minimum atomic E-state index is 0.584. The van der Waals surface area contributed by atoms with Crippen molar-refractivity contribution in [3.63, 3.8) is 0 Å². The van der Waals surface area contributed by atoms with Crippen LogP contribution in [0.25, 0.3) is 99.6 Å². The van der Waals surface area contributed by atoms with E-state index in [1.807, 2.05) is 18.2 Å². The first kappa shape index (κ1) is 28.7. The summed E-state index contributed by atoms with van der Waals surface area (Å²) in [6.45, 7) is 0. The van der Waals surface area contributed by atoms with Gasteiger partial charge in [0.25, 0.3) is 0 Å². The van der Waals surface area contributed by atoms with E-state index in [2.05, 4.69) is 167 Å². The third-order valence-electron chi connectivity index (χ3n) is 10.3. The molecule has 8 aromatic carbocycles. The zero-order valence-electron chi connectivity index (χ0n) is 28.0. The Bertz CT molecular complexity index is 3180. The van der Waals surface area contributed by atoms with Gasteiger partial charge in [0.1, 0.15) is 0 Å². The van der Waals surface area contributed by atoms with Crippen molar-refractivity contribution in [2.45, 2.75) is 0 Å². The molecule has 11 rings (SSSR count). The standard InChI is InChI=1S/C47H29N5/c1-2-15-32(16-3-1)45-48-46(34-26-25-30-13-4-5-17-33(30)29-34)50-47(49-45)52-40-23-11-9-21-37(40)44-42(52)28-27-41-43(44)36-20-8-10-22-39(36)51(41)38-24-12-18-31-14-6-7-19-35(31)38/h1-29H. The number of hydrogen-bond acceptors (Lipinski definition) is 3. The normalized spacial score (nSPS) is 11.8. The molecule has 11 aromatic rings. The fourth-order valence-corrected chi connectivity index (χ4v) is 8.04. The van der Waals surface area contributed by atoms with Crippen LogP contribution in [0.2, 0.25) is 0 Å². The molecule has 3 heterocycles. The van der Waals surface area contributed by atoms with Gasteiger partial charge in [0.2, 0.25) is 5.95 Å². The lowest BCUT2D eigenvalue weighted by Crippen LogP contribution is -2.06. The van der Waals surface area contributed by atoms with E-state index in [0.717, 1.165) is 44.1 Å². The zero-order chi connectivity index (χ0) is 34.2. The molecule has 0 saturated heterocycles. The summed E-state index contributed by atoms with van der Waals surface area (Å²) in [5.74, 6) is 1.85. The highest BCUT2D eigenvalue weighted by molar-refractivity contribution is 6.29. The highest BCUT2D eigenvalue weighted by Crippen LogP contribution is 2.43. The Morgan fingerprint density at radius 1 is 0.327 bits per heavy atom. The van der Waals surface area contributed by atoms with Gasteiger partial charge in [-0.25, -0.2) is 4.98 Å². The van der Waals surface area contributed by atoms with Gasteiger partial charge in [-0.05, 0) is 52.6 Å². The van der Waals surface area contributed by atoms with Crippen LogP contribution in [0.4, 0.5) is 0 Å². The van der Waals surface area contributed by atoms with Crippen molar-refractivity contribution in [3.8, 4) is 34.4 Å². The van der Waals surface area contributed by atoms with Gasteiger partial charge in [0.15, 0.2) is 11.6 Å². The van der Waals surface area contributed by atoms with E-state index in [1.165, 1.54) is 37.8 Å². The van der Waals surface area contributed by atoms with Crippen LogP contribution in [-0.2, 0) is 0 Å². The van der Waals surface area contributed by atoms with Crippen molar-refractivity contribution in [2.24, 2.45) is 0 Å². The summed E-state index contributed by atoms with van der Waals surface area (Å²) in [6.07, 6.45) is 0. The molecule has 0 spiro atoms. The van der Waals surface area contributed by atoms with Gasteiger partial charge < -0.3 is 4.57 Å². The van der Waals surface area contributed by atoms with Crippen LogP contribution in [0.5, 0.6) is 0 Å². The number of rotatable bonds is 4. The van der Waals surface area contributed by atoms with Crippen molar-refractivity contribution in [3.05, 3.63) is 176 Å². The maximum atomic E-state index is 5.24. The number of benzene rings is 8. The Balaban J connectivity index is 1.24. The van der Waals surface area contributed by atoms with Crippen molar-refractivity contribution >= 4 is 65.2 Å². The summed E-state index contributed by atoms with van der Waals surface area (Å²) in [5.41, 5.74) is 7.47. The number of nitrogens with zero attached hydrogens (tertiary/aromatic N) is 5. The topological polar surface area (TPSA) is 48.5 Å². The van der Waals surface area contributed by atoms with E-state index in [-0.39, 0.29) is 0 Å². The average Bonchev–Trinajstić information content (AvgIpc) is 3.73. The molecule has 52 heavy (non-hydrogen) atoms. The summed E-state index contributed by atoms with van der Waals surface area (Å²) >= 11 is 0. The first-order chi connectivity index (χ1) is 25.8. The summed E-state index contributed by atoms with van der Waals surface area (Å²) < 4.78 is 4.64. The zero-order valence-corrected chi connectivity index (χ0v) is 28.0. The predicted octanol–water partition coefficient (Wildman–Crippen LogP) is 11.7. The highest BCUT2D eigenvalue weighted by Gasteiger charge is 2.23. The molecule has 0 bridgehead atoms. The van der Waals surface area contributed by atoms with Crippen LogP contribution in [0, 0.1) is 0 Å². The first-order valence-corrected chi connectivity index (χ1v) is 17.5. The van der Waals surface area contributed by atoms with Crippen molar-refractivity contribution in [1.29, 1.82) is 0 Å². The lowest BCUT2D eigenvalue weighted by atomic mass is 10.1. The van der Waals surface area contributed by atoms with Crippen LogP contribution in [0.15, 0.2) is 176 Å². The molecule has 5 nitrogen and oxygen atoms in total. The lowest BCUT2D eigenvalue weighted by molar-refractivity contribution is 0.954. The summed E-state index contributed by atoms with van der Waals surface area (Å²) in [5, 5.41) is 9.50. The van der Waals surface area contributed by atoms with Gasteiger partial charge in [-0.15, -0.1) is 0 Å². The third-order valence-corrected chi connectivity index (χ3v) is 10.3. The van der Waals surface area contributed by atoms with Crippen LogP contribution in [0.1, 0.15) is 0 Å². The Morgan fingerprint density at radius 2 is 0.885 bits per heavy atom. The number of hydrogen-bond donors (Lipinski definition) is 0. The molecule has 0 aliphatic carbocycles. The van der Waals surface area contributed by atoms with Gasteiger partial charge in [0.05, 0.1) is 27.8 Å². The molecular formula is C47H29N5. The molecule has 0 saturated carbocycles. The van der Waals surface area contributed by atoms with E-state index < -0.39 is 0 Å². The highest BCUT2D eigenvalue weighted by atomic mass is 15.2. The molecule has 0 amide bonds. The van der Waals surface area contributed by atoms with Crippen molar-refractivity contribution in [2.75, 3.05) is 0 Å². The maximum absolute atomic E-state index is 5.24. The SMILES string of the molecule is c1ccc(-c2nc(-c3ccc4ccccc4c3)nc(-n3c4ccccc4c4c5c6ccccc6n(-c6cccc7ccccc67)c5ccc43)n2)cc1. The molecule has 5 heteroatoms. The predicted molar refractivity (Wildman–Crippen MR) is 214 cm³/mol. The summed E-state index contributed by atoms with van der Waals surface area (Å²) in [6, 6.07) is 62.0. The minimum Gasteiger partial charge on any atom is -0.309 e. The molecule has 0 fully saturated rings. The van der Waals surface area contributed by atoms with Gasteiger partial charge >= 0.3 is 0 Å². The lowest BCUT2D eigenvalue weighted by Gasteiger charge is -2.12. The fraction of sp³-hybridized carbons (Fsp3) is 0. The molecule has 0 atom stereocenters. The second-order valence-corrected chi connectivity index (χ2v) is 13.3. The van der Waals surface area contributed by atoms with Crippen LogP contribution >= 0.6 is 0 Å². The number of fused-ring (bicyclic) bond motifs is 9. The Morgan fingerprint density at radius 3 is 1.63 bits per heavy atom. The van der Waals surface area contributed by atoms with Crippen molar-refractivity contribution in [1.82, 2.24) is 24.1 Å². The minimum absolute atomic E-state index is 0.584. The van der Waals surface area contributed by atoms with E-state index in [0.29, 0.717) is 17.6 Å². The molecule has 3 aromatic heterocycles. The number of para-hydroxylation sites is 2. The van der Waals surface area contributed by atoms with E-state index in [9.17, 15) is 0 Å². The molecule has 0 aliphatic heterocycles. The molecule has 242 valence electrons. The summed E-state index contributed by atoms with van der Waals surface area (Å²) in [4.78, 5) is 15.5. The summed E-state index contributed by atoms with van der Waals surface area (Å²) in [7, 11) is 0. The quantitative estimate of drug-likeness (QED) is 0.188.